The first-order chi connectivity index (χ1) is 12.3. The highest BCUT2D eigenvalue weighted by atomic mass is 32.1. The van der Waals surface area contributed by atoms with Crippen molar-refractivity contribution in [2.75, 3.05) is 37.7 Å². The summed E-state index contributed by atoms with van der Waals surface area (Å²) in [5.41, 5.74) is 4.85. The molecule has 1 fully saturated rings. The summed E-state index contributed by atoms with van der Waals surface area (Å²) in [5, 5.41) is 8.77. The van der Waals surface area contributed by atoms with Crippen LogP contribution in [0, 0.1) is 0 Å². The number of morpholine rings is 1. The van der Waals surface area contributed by atoms with Crippen LogP contribution >= 0.6 is 23.6 Å². The topological polar surface area (TPSA) is 61.8 Å². The largest absolute Gasteiger partial charge is 0.378 e. The van der Waals surface area contributed by atoms with E-state index < -0.39 is 0 Å². The average Bonchev–Trinajstić information content (AvgIpc) is 3.08. The maximum absolute atomic E-state index is 5.43. The quantitative estimate of drug-likeness (QED) is 0.476. The number of anilines is 1. The van der Waals surface area contributed by atoms with Crippen molar-refractivity contribution in [3.05, 3.63) is 35.2 Å². The Bertz CT molecular complexity index is 726. The van der Waals surface area contributed by atoms with Gasteiger partial charge in [-0.05, 0) is 19.1 Å². The molecule has 1 aromatic carbocycles. The van der Waals surface area contributed by atoms with Gasteiger partial charge in [0.15, 0.2) is 10.2 Å². The highest BCUT2D eigenvalue weighted by molar-refractivity contribution is 7.80. The van der Waals surface area contributed by atoms with Crippen LogP contribution in [0.25, 0.3) is 11.3 Å². The second-order valence-corrected chi connectivity index (χ2v) is 6.82. The Morgan fingerprint density at radius 1 is 1.36 bits per heavy atom. The first-order valence-corrected chi connectivity index (χ1v) is 9.46. The molecule has 3 rings (SSSR count). The van der Waals surface area contributed by atoms with E-state index in [0.29, 0.717) is 5.11 Å². The second kappa shape index (κ2) is 8.89. The molecule has 0 radical (unpaired) electrons. The summed E-state index contributed by atoms with van der Waals surface area (Å²) in [7, 11) is 0. The van der Waals surface area contributed by atoms with E-state index in [9.17, 15) is 0 Å². The van der Waals surface area contributed by atoms with Gasteiger partial charge in [-0.2, -0.15) is 5.10 Å². The molecule has 0 spiro atoms. The van der Waals surface area contributed by atoms with E-state index in [1.54, 1.807) is 17.6 Å². The molecule has 8 heteroatoms. The minimum atomic E-state index is 0.512. The smallest absolute Gasteiger partial charge is 0.186 e. The molecule has 2 aromatic rings. The summed E-state index contributed by atoms with van der Waals surface area (Å²) in [6.45, 7) is 5.95. The van der Waals surface area contributed by atoms with Crippen molar-refractivity contribution in [2.24, 2.45) is 5.10 Å². The number of rotatable bonds is 5. The van der Waals surface area contributed by atoms with E-state index in [2.05, 4.69) is 32.9 Å². The molecule has 2 heterocycles. The second-order valence-electron chi connectivity index (χ2n) is 5.40. The zero-order chi connectivity index (χ0) is 17.5. The van der Waals surface area contributed by atoms with Crippen molar-refractivity contribution in [2.45, 2.75) is 6.92 Å². The summed E-state index contributed by atoms with van der Waals surface area (Å²) in [5.74, 6) is 0. The van der Waals surface area contributed by atoms with Crippen LogP contribution < -0.4 is 15.6 Å². The van der Waals surface area contributed by atoms with Crippen molar-refractivity contribution in [3.63, 3.8) is 0 Å². The number of nitrogens with zero attached hydrogens (tertiary/aromatic N) is 3. The molecule has 0 amide bonds. The Balaban J connectivity index is 1.85. The van der Waals surface area contributed by atoms with E-state index in [0.717, 1.165) is 54.1 Å². The lowest BCUT2D eigenvalue weighted by atomic mass is 10.1. The van der Waals surface area contributed by atoms with Gasteiger partial charge in [0.2, 0.25) is 0 Å². The molecule has 1 aliphatic heterocycles. The number of thiocarbonyl (C=S) groups is 1. The summed E-state index contributed by atoms with van der Waals surface area (Å²) in [4.78, 5) is 8.12. The lowest BCUT2D eigenvalue weighted by molar-refractivity contribution is 0.122. The number of hydrogen-bond donors (Lipinski definition) is 2. The first-order valence-electron chi connectivity index (χ1n) is 8.23. The van der Waals surface area contributed by atoms with E-state index in [4.69, 9.17) is 21.9 Å². The summed E-state index contributed by atoms with van der Waals surface area (Å²) in [6, 6.07) is 10.2. The number of aromatic nitrogens is 1. The predicted octanol–water partition coefficient (Wildman–Crippen LogP) is 2.46. The lowest BCUT2D eigenvalue weighted by Crippen LogP contribution is -2.36. The zero-order valence-electron chi connectivity index (χ0n) is 14.1. The average molecular weight is 376 g/mol. The highest BCUT2D eigenvalue weighted by Crippen LogP contribution is 2.32. The van der Waals surface area contributed by atoms with Gasteiger partial charge in [-0.15, -0.1) is 0 Å². The fourth-order valence-electron chi connectivity index (χ4n) is 2.45. The third-order valence-corrected chi connectivity index (χ3v) is 4.94. The molecular formula is C17H21N5OS2. The Morgan fingerprint density at radius 3 is 2.84 bits per heavy atom. The number of nitrogens with one attached hydrogen (secondary N) is 2. The molecule has 0 bridgehead atoms. The molecule has 1 aromatic heterocycles. The maximum atomic E-state index is 5.43. The molecule has 1 aliphatic rings. The number of thiazole rings is 1. The molecule has 2 N–H and O–H groups in total. The van der Waals surface area contributed by atoms with Gasteiger partial charge in [-0.25, -0.2) is 4.98 Å². The van der Waals surface area contributed by atoms with E-state index in [-0.39, 0.29) is 0 Å². The fourth-order valence-corrected chi connectivity index (χ4v) is 3.66. The minimum Gasteiger partial charge on any atom is -0.378 e. The molecule has 25 heavy (non-hydrogen) atoms. The Labute approximate surface area is 156 Å². The van der Waals surface area contributed by atoms with Gasteiger partial charge < -0.3 is 15.0 Å². The van der Waals surface area contributed by atoms with Crippen LogP contribution in [0.4, 0.5) is 5.13 Å². The van der Waals surface area contributed by atoms with Crippen molar-refractivity contribution < 1.29 is 4.74 Å². The molecule has 0 aliphatic carbocycles. The fraction of sp³-hybridized carbons (Fsp3) is 0.353. The van der Waals surface area contributed by atoms with Crippen LogP contribution in [0.3, 0.4) is 0 Å². The Hall–Kier alpha value is -2.03. The van der Waals surface area contributed by atoms with Crippen molar-refractivity contribution in [1.29, 1.82) is 0 Å². The van der Waals surface area contributed by atoms with Gasteiger partial charge >= 0.3 is 0 Å². The van der Waals surface area contributed by atoms with Gasteiger partial charge in [-0.3, -0.25) is 5.43 Å². The normalized spacial score (nSPS) is 14.7. The predicted molar refractivity (Wildman–Crippen MR) is 108 cm³/mol. The van der Waals surface area contributed by atoms with Gasteiger partial charge in [0.25, 0.3) is 0 Å². The van der Waals surface area contributed by atoms with Gasteiger partial charge in [0.05, 0.1) is 30.0 Å². The molecule has 6 nitrogen and oxygen atoms in total. The van der Waals surface area contributed by atoms with Crippen molar-refractivity contribution in [1.82, 2.24) is 15.7 Å². The van der Waals surface area contributed by atoms with Crippen LogP contribution in [0.15, 0.2) is 35.4 Å². The summed E-state index contributed by atoms with van der Waals surface area (Å²) < 4.78 is 5.43. The SMILES string of the molecule is CCNC(=S)N/N=C\c1sc(N2CCOCC2)nc1-c1ccccc1. The molecule has 132 valence electrons. The first kappa shape index (κ1) is 17.8. The third kappa shape index (κ3) is 4.75. The van der Waals surface area contributed by atoms with Gasteiger partial charge in [-0.1, -0.05) is 41.7 Å². The lowest BCUT2D eigenvalue weighted by Gasteiger charge is -2.26. The van der Waals surface area contributed by atoms with Crippen LogP contribution in [-0.4, -0.2) is 49.2 Å². The summed E-state index contributed by atoms with van der Waals surface area (Å²) in [6.07, 6.45) is 1.79. The molecule has 0 atom stereocenters. The van der Waals surface area contributed by atoms with E-state index in [1.165, 1.54) is 0 Å². The standard InChI is InChI=1S/C17H21N5OS2/c1-2-18-16(24)21-19-12-14-15(13-6-4-3-5-7-13)20-17(25-14)22-8-10-23-11-9-22/h3-7,12H,2,8-11H2,1H3,(H2,18,21,24)/b19-12-. The van der Waals surface area contributed by atoms with E-state index >= 15 is 0 Å². The monoisotopic (exact) mass is 375 g/mol. The molecule has 0 saturated carbocycles. The molecule has 0 unspecified atom stereocenters. The number of hydrogen-bond acceptors (Lipinski definition) is 6. The Morgan fingerprint density at radius 2 is 2.12 bits per heavy atom. The van der Waals surface area contributed by atoms with Crippen molar-refractivity contribution >= 4 is 40.0 Å². The summed E-state index contributed by atoms with van der Waals surface area (Å²) >= 11 is 6.76. The minimum absolute atomic E-state index is 0.512. The molecule has 1 saturated heterocycles. The Kier molecular flexibility index (Phi) is 6.32. The number of ether oxygens (including phenoxy) is 1. The number of benzene rings is 1. The highest BCUT2D eigenvalue weighted by Gasteiger charge is 2.18. The van der Waals surface area contributed by atoms with Crippen LogP contribution in [0.1, 0.15) is 11.8 Å². The van der Waals surface area contributed by atoms with Gasteiger partial charge in [0, 0.05) is 25.2 Å². The molecular weight excluding hydrogens is 354 g/mol. The maximum Gasteiger partial charge on any atom is 0.186 e. The van der Waals surface area contributed by atoms with Crippen LogP contribution in [-0.2, 0) is 4.74 Å². The van der Waals surface area contributed by atoms with Crippen LogP contribution in [0.2, 0.25) is 0 Å². The van der Waals surface area contributed by atoms with Gasteiger partial charge in [0.1, 0.15) is 0 Å². The number of hydrazone groups is 1. The van der Waals surface area contributed by atoms with Crippen LogP contribution in [0.5, 0.6) is 0 Å². The van der Waals surface area contributed by atoms with Crippen molar-refractivity contribution in [3.8, 4) is 11.3 Å². The van der Waals surface area contributed by atoms with E-state index in [1.807, 2.05) is 25.1 Å². The third-order valence-electron chi connectivity index (χ3n) is 3.66. The zero-order valence-corrected chi connectivity index (χ0v) is 15.7.